The van der Waals surface area contributed by atoms with Crippen LogP contribution in [0.5, 0.6) is 0 Å². The van der Waals surface area contributed by atoms with Crippen molar-refractivity contribution in [3.63, 3.8) is 0 Å². The third kappa shape index (κ3) is 4.59. The van der Waals surface area contributed by atoms with Crippen molar-refractivity contribution in [3.8, 4) is 0 Å². The van der Waals surface area contributed by atoms with Gasteiger partial charge < -0.3 is 10.0 Å². The molecule has 26 heavy (non-hydrogen) atoms. The normalized spacial score (nSPS) is 16.7. The van der Waals surface area contributed by atoms with Crippen molar-refractivity contribution in [2.24, 2.45) is 0 Å². The quantitative estimate of drug-likeness (QED) is 0.864. The molecule has 0 spiro atoms. The monoisotopic (exact) mass is 354 g/mol. The summed E-state index contributed by atoms with van der Waals surface area (Å²) in [7, 11) is 0. The number of piperazine rings is 1. The molecule has 1 aromatic heterocycles. The zero-order valence-electron chi connectivity index (χ0n) is 16.1. The van der Waals surface area contributed by atoms with Gasteiger partial charge in [-0.25, -0.2) is 9.97 Å². The predicted molar refractivity (Wildman–Crippen MR) is 106 cm³/mol. The first-order chi connectivity index (χ1) is 12.6. The molecule has 1 aromatic carbocycles. The molecule has 1 aliphatic heterocycles. The molecule has 2 heterocycles. The number of hydrogen-bond donors (Lipinski definition) is 1. The maximum Gasteiger partial charge on any atom is 0.136 e. The van der Waals surface area contributed by atoms with Gasteiger partial charge in [-0.3, -0.25) is 4.90 Å². The Bertz CT molecular complexity index is 711. The van der Waals surface area contributed by atoms with Crippen LogP contribution in [0.4, 0.5) is 5.82 Å². The van der Waals surface area contributed by atoms with Crippen LogP contribution in [0.3, 0.4) is 0 Å². The Morgan fingerprint density at radius 3 is 2.38 bits per heavy atom. The number of aliphatic hydroxyl groups excluding tert-OH is 1. The Balaban J connectivity index is 1.77. The molecule has 0 bridgehead atoms. The Hall–Kier alpha value is -1.98. The van der Waals surface area contributed by atoms with E-state index in [9.17, 15) is 5.11 Å². The van der Waals surface area contributed by atoms with Crippen LogP contribution in [0, 0.1) is 13.8 Å². The summed E-state index contributed by atoms with van der Waals surface area (Å²) in [5.74, 6) is 1.91. The van der Waals surface area contributed by atoms with E-state index < -0.39 is 0 Å². The van der Waals surface area contributed by atoms with Gasteiger partial charge in [-0.2, -0.15) is 0 Å². The minimum absolute atomic E-state index is 0.223. The van der Waals surface area contributed by atoms with Crippen molar-refractivity contribution in [3.05, 3.63) is 53.0 Å². The Morgan fingerprint density at radius 2 is 1.73 bits per heavy atom. The average Bonchev–Trinajstić information content (AvgIpc) is 2.65. The molecule has 2 aromatic rings. The molecule has 0 amide bonds. The van der Waals surface area contributed by atoms with Crippen LogP contribution in [0.15, 0.2) is 30.3 Å². The van der Waals surface area contributed by atoms with Gasteiger partial charge in [0.1, 0.15) is 11.6 Å². The Kier molecular flexibility index (Phi) is 6.22. The number of rotatable bonds is 6. The average molecular weight is 354 g/mol. The topological polar surface area (TPSA) is 52.5 Å². The van der Waals surface area contributed by atoms with Gasteiger partial charge in [0.25, 0.3) is 0 Å². The van der Waals surface area contributed by atoms with Crippen molar-refractivity contribution in [2.75, 3.05) is 37.6 Å². The van der Waals surface area contributed by atoms with Gasteiger partial charge in [0.2, 0.25) is 0 Å². The van der Waals surface area contributed by atoms with E-state index in [4.69, 9.17) is 4.98 Å². The van der Waals surface area contributed by atoms with Crippen LogP contribution in [-0.2, 0) is 6.42 Å². The molecule has 0 radical (unpaired) electrons. The lowest BCUT2D eigenvalue weighted by Crippen LogP contribution is -2.49. The van der Waals surface area contributed by atoms with Gasteiger partial charge in [-0.05, 0) is 25.8 Å². The highest BCUT2D eigenvalue weighted by Crippen LogP contribution is 2.25. The highest BCUT2D eigenvalue weighted by Gasteiger charge is 2.23. The smallest absolute Gasteiger partial charge is 0.136 e. The van der Waals surface area contributed by atoms with Gasteiger partial charge in [0.15, 0.2) is 0 Å². The third-order valence-electron chi connectivity index (χ3n) is 5.14. The molecule has 0 aliphatic carbocycles. The summed E-state index contributed by atoms with van der Waals surface area (Å²) in [6, 6.07) is 10.5. The zero-order valence-corrected chi connectivity index (χ0v) is 16.1. The van der Waals surface area contributed by atoms with E-state index in [1.54, 1.807) is 0 Å². The molecule has 1 aliphatic rings. The number of aromatic nitrogens is 2. The van der Waals surface area contributed by atoms with Gasteiger partial charge in [0.05, 0.1) is 6.10 Å². The van der Waals surface area contributed by atoms with Crippen molar-refractivity contribution < 1.29 is 5.11 Å². The third-order valence-corrected chi connectivity index (χ3v) is 5.14. The molecule has 140 valence electrons. The van der Waals surface area contributed by atoms with E-state index in [0.717, 1.165) is 62.9 Å². The van der Waals surface area contributed by atoms with Gasteiger partial charge in [0, 0.05) is 50.4 Å². The summed E-state index contributed by atoms with van der Waals surface area (Å²) < 4.78 is 0. The van der Waals surface area contributed by atoms with Crippen LogP contribution in [0.1, 0.15) is 36.0 Å². The molecule has 0 saturated carbocycles. The number of aliphatic hydroxyl groups is 1. The number of benzene rings is 1. The molecular weight excluding hydrogens is 324 g/mol. The van der Waals surface area contributed by atoms with Gasteiger partial charge in [-0.15, -0.1) is 0 Å². The van der Waals surface area contributed by atoms with Gasteiger partial charge in [-0.1, -0.05) is 37.3 Å². The largest absolute Gasteiger partial charge is 0.392 e. The van der Waals surface area contributed by atoms with E-state index in [2.05, 4.69) is 46.0 Å². The molecule has 5 heteroatoms. The number of nitrogens with zero attached hydrogens (tertiary/aromatic N) is 4. The fourth-order valence-electron chi connectivity index (χ4n) is 3.56. The highest BCUT2D eigenvalue weighted by atomic mass is 16.3. The minimum Gasteiger partial charge on any atom is -0.392 e. The summed E-state index contributed by atoms with van der Waals surface area (Å²) in [5.41, 5.74) is 3.58. The minimum atomic E-state index is -0.223. The van der Waals surface area contributed by atoms with Crippen LogP contribution in [-0.4, -0.2) is 58.8 Å². The van der Waals surface area contributed by atoms with Crippen LogP contribution >= 0.6 is 0 Å². The molecule has 5 nitrogen and oxygen atoms in total. The second kappa shape index (κ2) is 8.60. The van der Waals surface area contributed by atoms with Crippen molar-refractivity contribution in [2.45, 2.75) is 39.7 Å². The molecule has 1 atom stereocenters. The number of β-amino-alcohol motifs (C(OH)–C–C–N with tert-alkyl or cyclic N) is 1. The molecule has 0 unspecified atom stereocenters. The first-order valence-electron chi connectivity index (χ1n) is 9.60. The maximum absolute atomic E-state index is 9.90. The highest BCUT2D eigenvalue weighted by molar-refractivity contribution is 5.51. The second-order valence-electron chi connectivity index (χ2n) is 7.17. The molecule has 1 saturated heterocycles. The summed E-state index contributed by atoms with van der Waals surface area (Å²) in [6.07, 6.45) is 1.45. The van der Waals surface area contributed by atoms with E-state index >= 15 is 0 Å². The van der Waals surface area contributed by atoms with Crippen molar-refractivity contribution in [1.29, 1.82) is 0 Å². The van der Waals surface area contributed by atoms with Crippen LogP contribution in [0.25, 0.3) is 0 Å². The van der Waals surface area contributed by atoms with E-state index in [0.29, 0.717) is 0 Å². The standard InChI is InChI=1S/C21H30N4O/c1-4-19(26)15-24-10-12-25(13-11-24)21-20(16(2)22-17(3)23-21)14-18-8-6-5-7-9-18/h5-9,19,26H,4,10-15H2,1-3H3/t19-/m1/s1. The molecular formula is C21H30N4O. The zero-order chi connectivity index (χ0) is 18.5. The summed E-state index contributed by atoms with van der Waals surface area (Å²) in [5, 5.41) is 9.90. The lowest BCUT2D eigenvalue weighted by molar-refractivity contribution is 0.106. The van der Waals surface area contributed by atoms with E-state index in [-0.39, 0.29) is 6.10 Å². The van der Waals surface area contributed by atoms with Crippen molar-refractivity contribution >= 4 is 5.82 Å². The summed E-state index contributed by atoms with van der Waals surface area (Å²) in [4.78, 5) is 14.1. The molecule has 1 N–H and O–H groups in total. The van der Waals surface area contributed by atoms with Crippen LogP contribution in [0.2, 0.25) is 0 Å². The first-order valence-corrected chi connectivity index (χ1v) is 9.60. The van der Waals surface area contributed by atoms with E-state index in [1.165, 1.54) is 11.1 Å². The second-order valence-corrected chi connectivity index (χ2v) is 7.17. The first kappa shape index (κ1) is 18.8. The van der Waals surface area contributed by atoms with Gasteiger partial charge >= 0.3 is 0 Å². The number of aryl methyl sites for hydroxylation is 2. The van der Waals surface area contributed by atoms with Crippen molar-refractivity contribution in [1.82, 2.24) is 14.9 Å². The lowest BCUT2D eigenvalue weighted by atomic mass is 10.0. The van der Waals surface area contributed by atoms with Crippen LogP contribution < -0.4 is 4.90 Å². The number of hydrogen-bond acceptors (Lipinski definition) is 5. The SMILES string of the molecule is CC[C@@H](O)CN1CCN(c2nc(C)nc(C)c2Cc2ccccc2)CC1. The fraction of sp³-hybridized carbons (Fsp3) is 0.524. The molecule has 1 fully saturated rings. The molecule has 3 rings (SSSR count). The maximum atomic E-state index is 9.90. The summed E-state index contributed by atoms with van der Waals surface area (Å²) in [6.45, 7) is 10.7. The Morgan fingerprint density at radius 1 is 1.04 bits per heavy atom. The predicted octanol–water partition coefficient (Wildman–Crippen LogP) is 2.58. The summed E-state index contributed by atoms with van der Waals surface area (Å²) >= 11 is 0. The number of anilines is 1. The fourth-order valence-corrected chi connectivity index (χ4v) is 3.56. The van der Waals surface area contributed by atoms with E-state index in [1.807, 2.05) is 19.9 Å². The Labute approximate surface area is 156 Å². The lowest BCUT2D eigenvalue weighted by Gasteiger charge is -2.37.